The van der Waals surface area contributed by atoms with Crippen LogP contribution < -0.4 is 10.6 Å². The molecule has 22 heavy (non-hydrogen) atoms. The maximum atomic E-state index is 12.1. The lowest BCUT2D eigenvalue weighted by atomic mass is 10.1. The van der Waals surface area contributed by atoms with Gasteiger partial charge < -0.3 is 5.32 Å². The molecule has 1 amide bonds. The molecule has 0 spiro atoms. The summed E-state index contributed by atoms with van der Waals surface area (Å²) in [7, 11) is 0. The second-order valence-electron chi connectivity index (χ2n) is 4.73. The van der Waals surface area contributed by atoms with Crippen LogP contribution in [0, 0.1) is 0 Å². The predicted molar refractivity (Wildman–Crippen MR) is 92.8 cm³/mol. The minimum Gasteiger partial charge on any atom is -0.323 e. The van der Waals surface area contributed by atoms with E-state index in [0.717, 1.165) is 6.42 Å². The lowest BCUT2D eigenvalue weighted by molar-refractivity contribution is -0.691. The highest BCUT2D eigenvalue weighted by molar-refractivity contribution is 7.12. The maximum absolute atomic E-state index is 12.1. The first kappa shape index (κ1) is 17.6. The van der Waals surface area contributed by atoms with Crippen LogP contribution in [0.15, 0.2) is 47.8 Å². The summed E-state index contributed by atoms with van der Waals surface area (Å²) in [6, 6.07) is 13.6. The first-order chi connectivity index (χ1) is 10.5. The Labute approximate surface area is 148 Å². The minimum absolute atomic E-state index is 0.234. The van der Waals surface area contributed by atoms with E-state index in [4.69, 9.17) is 34.8 Å². The molecule has 1 aromatic carbocycles. The quantitative estimate of drug-likeness (QED) is 0.589. The lowest BCUT2D eigenvalue weighted by Crippen LogP contribution is -2.96. The summed E-state index contributed by atoms with van der Waals surface area (Å²) < 4.78 is -1.58. The molecule has 0 saturated heterocycles. The first-order valence-corrected chi connectivity index (χ1v) is 8.76. The zero-order valence-corrected chi connectivity index (χ0v) is 14.7. The molecule has 0 saturated carbocycles. The summed E-state index contributed by atoms with van der Waals surface area (Å²) in [5.74, 6) is -0.234. The van der Waals surface area contributed by atoms with E-state index in [9.17, 15) is 4.79 Å². The molecule has 0 radical (unpaired) electrons. The van der Waals surface area contributed by atoms with Crippen molar-refractivity contribution in [2.45, 2.75) is 16.4 Å². The van der Waals surface area contributed by atoms with Crippen molar-refractivity contribution >= 4 is 52.0 Å². The second kappa shape index (κ2) is 8.18. The van der Waals surface area contributed by atoms with E-state index in [1.54, 1.807) is 6.07 Å². The SMILES string of the molecule is O=C(N[C@@H]([NH2+]CCc1ccccc1)C(Cl)(Cl)Cl)c1cccs1. The fourth-order valence-electron chi connectivity index (χ4n) is 1.96. The Hall–Kier alpha value is -0.780. The number of carbonyl (C=O) groups is 1. The average molecular weight is 379 g/mol. The lowest BCUT2D eigenvalue weighted by Gasteiger charge is -2.23. The number of carbonyl (C=O) groups excluding carboxylic acids is 1. The van der Waals surface area contributed by atoms with Crippen molar-refractivity contribution < 1.29 is 10.1 Å². The van der Waals surface area contributed by atoms with Gasteiger partial charge in [0, 0.05) is 6.42 Å². The van der Waals surface area contributed by atoms with Crippen molar-refractivity contribution in [2.24, 2.45) is 0 Å². The number of alkyl halides is 3. The highest BCUT2D eigenvalue weighted by atomic mass is 35.6. The number of halogens is 3. The largest absolute Gasteiger partial charge is 0.323 e. The van der Waals surface area contributed by atoms with E-state index in [1.807, 2.05) is 47.1 Å². The summed E-state index contributed by atoms with van der Waals surface area (Å²) in [5, 5.41) is 6.44. The van der Waals surface area contributed by atoms with Gasteiger partial charge in [0.1, 0.15) is 0 Å². The molecule has 0 fully saturated rings. The Kier molecular flexibility index (Phi) is 6.53. The van der Waals surface area contributed by atoms with E-state index < -0.39 is 9.96 Å². The van der Waals surface area contributed by atoms with Gasteiger partial charge in [0.25, 0.3) is 9.70 Å². The Morgan fingerprint density at radius 1 is 1.18 bits per heavy atom. The standard InChI is InChI=1S/C15H15Cl3N2OS/c16-15(17,18)14(20-13(21)12-7-4-10-22-12)19-9-8-11-5-2-1-3-6-11/h1-7,10,14,19H,8-9H2,(H,20,21)/p+1/t14-/m1/s1. The molecule has 0 bridgehead atoms. The van der Waals surface area contributed by atoms with Crippen molar-refractivity contribution in [3.8, 4) is 0 Å². The third-order valence-corrected chi connectivity index (χ3v) is 4.64. The van der Waals surface area contributed by atoms with Gasteiger partial charge in [0.15, 0.2) is 0 Å². The topological polar surface area (TPSA) is 45.7 Å². The number of hydrogen-bond acceptors (Lipinski definition) is 2. The molecule has 0 aliphatic carbocycles. The Morgan fingerprint density at radius 2 is 1.91 bits per heavy atom. The number of nitrogens with one attached hydrogen (secondary N) is 1. The smallest absolute Gasteiger partial charge is 0.265 e. The molecule has 0 aliphatic heterocycles. The van der Waals surface area contributed by atoms with Gasteiger partial charge in [0.05, 0.1) is 11.4 Å². The second-order valence-corrected chi connectivity index (χ2v) is 8.05. The maximum Gasteiger partial charge on any atom is 0.265 e. The van der Waals surface area contributed by atoms with Crippen LogP contribution in [-0.2, 0) is 6.42 Å². The summed E-state index contributed by atoms with van der Waals surface area (Å²) in [4.78, 5) is 12.7. The van der Waals surface area contributed by atoms with Crippen molar-refractivity contribution in [3.63, 3.8) is 0 Å². The van der Waals surface area contributed by atoms with Crippen LogP contribution in [0.2, 0.25) is 0 Å². The minimum atomic E-state index is -1.58. The molecule has 2 rings (SSSR count). The number of benzene rings is 1. The van der Waals surface area contributed by atoms with Crippen LogP contribution in [0.3, 0.4) is 0 Å². The van der Waals surface area contributed by atoms with Crippen molar-refractivity contribution in [1.82, 2.24) is 5.32 Å². The highest BCUT2D eigenvalue weighted by Crippen LogP contribution is 2.27. The summed E-state index contributed by atoms with van der Waals surface area (Å²) in [5.41, 5.74) is 1.20. The first-order valence-electron chi connectivity index (χ1n) is 6.75. The normalized spacial score (nSPS) is 12.9. The molecule has 1 aromatic heterocycles. The summed E-state index contributed by atoms with van der Waals surface area (Å²) >= 11 is 19.3. The van der Waals surface area contributed by atoms with Gasteiger partial charge in [-0.1, -0.05) is 71.2 Å². The molecule has 7 heteroatoms. The van der Waals surface area contributed by atoms with Gasteiger partial charge in [-0.25, -0.2) is 0 Å². The molecule has 0 unspecified atom stereocenters. The zero-order chi connectivity index (χ0) is 16.0. The van der Waals surface area contributed by atoms with E-state index in [1.165, 1.54) is 16.9 Å². The molecule has 0 aliphatic rings. The number of rotatable bonds is 6. The molecular weight excluding hydrogens is 363 g/mol. The predicted octanol–water partition coefficient (Wildman–Crippen LogP) is 2.98. The monoisotopic (exact) mass is 377 g/mol. The van der Waals surface area contributed by atoms with Gasteiger partial charge in [-0.2, -0.15) is 0 Å². The van der Waals surface area contributed by atoms with Crippen LogP contribution in [0.1, 0.15) is 15.2 Å². The molecule has 1 heterocycles. The van der Waals surface area contributed by atoms with Gasteiger partial charge in [-0.15, -0.1) is 11.3 Å². The van der Waals surface area contributed by atoms with Crippen molar-refractivity contribution in [1.29, 1.82) is 0 Å². The number of hydrogen-bond donors (Lipinski definition) is 2. The van der Waals surface area contributed by atoms with E-state index in [0.29, 0.717) is 11.4 Å². The Balaban J connectivity index is 1.91. The number of amides is 1. The van der Waals surface area contributed by atoms with Crippen LogP contribution in [0.4, 0.5) is 0 Å². The van der Waals surface area contributed by atoms with Crippen molar-refractivity contribution in [3.05, 3.63) is 58.3 Å². The fourth-order valence-corrected chi connectivity index (χ4v) is 3.01. The Bertz CT molecular complexity index is 585. The molecule has 3 N–H and O–H groups in total. The molecule has 118 valence electrons. The number of quaternary nitrogens is 1. The van der Waals surface area contributed by atoms with Crippen LogP contribution in [0.5, 0.6) is 0 Å². The van der Waals surface area contributed by atoms with E-state index in [2.05, 4.69) is 5.32 Å². The third-order valence-electron chi connectivity index (χ3n) is 3.06. The number of nitrogens with two attached hydrogens (primary N) is 1. The average Bonchev–Trinajstić information content (AvgIpc) is 3.00. The zero-order valence-electron chi connectivity index (χ0n) is 11.6. The van der Waals surface area contributed by atoms with Crippen molar-refractivity contribution in [2.75, 3.05) is 6.54 Å². The van der Waals surface area contributed by atoms with E-state index in [-0.39, 0.29) is 5.91 Å². The summed E-state index contributed by atoms with van der Waals surface area (Å²) in [6.45, 7) is 0.702. The Morgan fingerprint density at radius 3 is 2.50 bits per heavy atom. The molecule has 2 aromatic rings. The number of thiophene rings is 1. The molecule has 3 nitrogen and oxygen atoms in total. The molecule has 1 atom stereocenters. The van der Waals surface area contributed by atoms with Crippen LogP contribution in [-0.4, -0.2) is 22.4 Å². The van der Waals surface area contributed by atoms with Gasteiger partial charge in [-0.3, -0.25) is 10.1 Å². The van der Waals surface area contributed by atoms with E-state index >= 15 is 0 Å². The van der Waals surface area contributed by atoms with Crippen LogP contribution >= 0.6 is 46.1 Å². The molecular formula is C15H16Cl3N2OS+. The van der Waals surface area contributed by atoms with Gasteiger partial charge in [0.2, 0.25) is 6.17 Å². The van der Waals surface area contributed by atoms with Gasteiger partial charge in [-0.05, 0) is 17.0 Å². The summed E-state index contributed by atoms with van der Waals surface area (Å²) in [6.07, 6.45) is 0.184. The highest BCUT2D eigenvalue weighted by Gasteiger charge is 2.37. The fraction of sp³-hybridized carbons (Fsp3) is 0.267. The third kappa shape index (κ3) is 5.45. The van der Waals surface area contributed by atoms with Gasteiger partial charge >= 0.3 is 0 Å². The van der Waals surface area contributed by atoms with Crippen LogP contribution in [0.25, 0.3) is 0 Å².